The number of hydrogen-bond donors (Lipinski definition) is 1. The number of aryl methyl sites for hydroxylation is 1. The number of benzene rings is 2. The first-order valence-corrected chi connectivity index (χ1v) is 11.5. The van der Waals surface area contributed by atoms with Crippen LogP contribution in [0.2, 0.25) is 0 Å². The molecule has 5 rings (SSSR count). The molecule has 1 aliphatic heterocycles. The molecule has 168 valence electrons. The molecular weight excluding hydrogens is 414 g/mol. The molecule has 33 heavy (non-hydrogen) atoms. The van der Waals surface area contributed by atoms with Crippen LogP contribution in [-0.2, 0) is 9.59 Å². The van der Waals surface area contributed by atoms with Gasteiger partial charge in [-0.1, -0.05) is 55.7 Å². The topological polar surface area (TPSA) is 71.4 Å². The van der Waals surface area contributed by atoms with Gasteiger partial charge in [-0.25, -0.2) is 4.79 Å². The van der Waals surface area contributed by atoms with Crippen molar-refractivity contribution in [3.8, 4) is 5.69 Å². The van der Waals surface area contributed by atoms with E-state index in [1.807, 2.05) is 38.1 Å². The molecule has 1 saturated carbocycles. The number of nitrogens with zero attached hydrogens (tertiary/aromatic N) is 2. The van der Waals surface area contributed by atoms with Crippen molar-refractivity contribution in [1.29, 1.82) is 0 Å². The van der Waals surface area contributed by atoms with Crippen LogP contribution in [0.5, 0.6) is 0 Å². The minimum atomic E-state index is -0.632. The van der Waals surface area contributed by atoms with Crippen LogP contribution in [0.25, 0.3) is 22.5 Å². The summed E-state index contributed by atoms with van der Waals surface area (Å²) in [4.78, 5) is 39.7. The average Bonchev–Trinajstić information content (AvgIpc) is 3.09. The maximum atomic E-state index is 13.3. The summed E-state index contributed by atoms with van der Waals surface area (Å²) < 4.78 is 2.14. The molecule has 2 heterocycles. The van der Waals surface area contributed by atoms with Gasteiger partial charge >= 0.3 is 6.03 Å². The SMILES string of the molecule is Cc1cc(/C=C2\C(=O)NC(=O)N(C3CCCCC3)C2=O)c(C)n1-c1cccc2ccccc12. The lowest BCUT2D eigenvalue weighted by molar-refractivity contribution is -0.132. The molecule has 1 aromatic heterocycles. The first-order valence-electron chi connectivity index (χ1n) is 11.5. The molecule has 3 aromatic rings. The zero-order chi connectivity index (χ0) is 23.1. The van der Waals surface area contributed by atoms with Crippen LogP contribution < -0.4 is 5.32 Å². The van der Waals surface area contributed by atoms with Gasteiger partial charge in [0.15, 0.2) is 0 Å². The van der Waals surface area contributed by atoms with Crippen molar-refractivity contribution >= 4 is 34.7 Å². The van der Waals surface area contributed by atoms with Crippen LogP contribution in [0, 0.1) is 13.8 Å². The van der Waals surface area contributed by atoms with Gasteiger partial charge in [-0.15, -0.1) is 0 Å². The monoisotopic (exact) mass is 441 g/mol. The van der Waals surface area contributed by atoms with Crippen LogP contribution in [0.3, 0.4) is 0 Å². The van der Waals surface area contributed by atoms with Crippen molar-refractivity contribution in [2.24, 2.45) is 0 Å². The second-order valence-corrected chi connectivity index (χ2v) is 8.94. The molecule has 4 amide bonds. The van der Waals surface area contributed by atoms with E-state index in [2.05, 4.69) is 34.1 Å². The minimum Gasteiger partial charge on any atom is -0.317 e. The summed E-state index contributed by atoms with van der Waals surface area (Å²) >= 11 is 0. The van der Waals surface area contributed by atoms with E-state index < -0.39 is 17.8 Å². The normalized spacial score (nSPS) is 18.9. The summed E-state index contributed by atoms with van der Waals surface area (Å²) in [5.74, 6) is -1.13. The number of imide groups is 2. The minimum absolute atomic E-state index is 0.0124. The largest absolute Gasteiger partial charge is 0.331 e. The van der Waals surface area contributed by atoms with Gasteiger partial charge < -0.3 is 4.57 Å². The van der Waals surface area contributed by atoms with Crippen LogP contribution in [0.15, 0.2) is 54.1 Å². The fourth-order valence-corrected chi connectivity index (χ4v) is 5.21. The van der Waals surface area contributed by atoms with Gasteiger partial charge in [-0.2, -0.15) is 0 Å². The Balaban J connectivity index is 1.56. The Labute approximate surface area is 192 Å². The zero-order valence-corrected chi connectivity index (χ0v) is 18.9. The van der Waals surface area contributed by atoms with E-state index in [0.717, 1.165) is 65.5 Å². The standard InChI is InChI=1S/C27H27N3O3/c1-17-15-20(18(2)29(17)24-14-8-10-19-9-6-7-13-22(19)24)16-23-25(31)28-27(33)30(26(23)32)21-11-4-3-5-12-21/h6-10,13-16,21H,3-5,11-12H2,1-2H3,(H,28,31,33)/b23-16+. The van der Waals surface area contributed by atoms with E-state index in [-0.39, 0.29) is 11.6 Å². The predicted molar refractivity (Wildman–Crippen MR) is 128 cm³/mol. The summed E-state index contributed by atoms with van der Waals surface area (Å²) in [6.07, 6.45) is 6.29. The number of nitrogens with one attached hydrogen (secondary N) is 1. The summed E-state index contributed by atoms with van der Waals surface area (Å²) in [5, 5.41) is 4.65. The molecule has 0 unspecified atom stereocenters. The molecule has 2 fully saturated rings. The lowest BCUT2D eigenvalue weighted by Gasteiger charge is -2.35. The lowest BCUT2D eigenvalue weighted by atomic mass is 9.93. The van der Waals surface area contributed by atoms with Crippen molar-refractivity contribution in [1.82, 2.24) is 14.8 Å². The molecule has 6 nitrogen and oxygen atoms in total. The number of carbonyl (C=O) groups excluding carboxylic acids is 3. The van der Waals surface area contributed by atoms with Crippen molar-refractivity contribution < 1.29 is 14.4 Å². The fraction of sp³-hybridized carbons (Fsp3) is 0.296. The summed E-state index contributed by atoms with van der Waals surface area (Å²) in [6, 6.07) is 15.6. The highest BCUT2D eigenvalue weighted by Crippen LogP contribution is 2.30. The zero-order valence-electron chi connectivity index (χ0n) is 18.9. The maximum absolute atomic E-state index is 13.3. The van der Waals surface area contributed by atoms with Gasteiger partial charge in [0.25, 0.3) is 11.8 Å². The molecule has 0 spiro atoms. The van der Waals surface area contributed by atoms with Crippen molar-refractivity contribution in [3.63, 3.8) is 0 Å². The Morgan fingerprint density at radius 1 is 0.939 bits per heavy atom. The average molecular weight is 442 g/mol. The van der Waals surface area contributed by atoms with Gasteiger partial charge in [0, 0.05) is 22.8 Å². The number of fused-ring (bicyclic) bond motifs is 1. The summed E-state index contributed by atoms with van der Waals surface area (Å²) in [6.45, 7) is 3.99. The van der Waals surface area contributed by atoms with E-state index in [1.165, 1.54) is 4.90 Å². The van der Waals surface area contributed by atoms with Crippen LogP contribution >= 0.6 is 0 Å². The van der Waals surface area contributed by atoms with Gasteiger partial charge in [-0.05, 0) is 55.8 Å². The lowest BCUT2D eigenvalue weighted by Crippen LogP contribution is -2.58. The van der Waals surface area contributed by atoms with Crippen LogP contribution in [0.1, 0.15) is 49.1 Å². The molecule has 0 radical (unpaired) electrons. The smallest absolute Gasteiger partial charge is 0.317 e. The molecule has 1 aliphatic carbocycles. The third kappa shape index (κ3) is 3.65. The molecule has 0 atom stereocenters. The van der Waals surface area contributed by atoms with Crippen LogP contribution in [-0.4, -0.2) is 33.4 Å². The Bertz CT molecular complexity index is 1310. The Kier molecular flexibility index (Phi) is 5.36. The molecular formula is C27H27N3O3. The first-order chi connectivity index (χ1) is 16.0. The van der Waals surface area contributed by atoms with Crippen LogP contribution in [0.4, 0.5) is 4.79 Å². The first kappa shape index (κ1) is 21.2. The van der Waals surface area contributed by atoms with E-state index in [4.69, 9.17) is 0 Å². The Hall–Kier alpha value is -3.67. The number of carbonyl (C=O) groups is 3. The fourth-order valence-electron chi connectivity index (χ4n) is 5.21. The van der Waals surface area contributed by atoms with E-state index in [1.54, 1.807) is 6.08 Å². The van der Waals surface area contributed by atoms with Gasteiger partial charge in [0.1, 0.15) is 5.57 Å². The number of hydrogen-bond acceptors (Lipinski definition) is 3. The number of aromatic nitrogens is 1. The quantitative estimate of drug-likeness (QED) is 0.457. The molecule has 1 N–H and O–H groups in total. The van der Waals surface area contributed by atoms with E-state index in [9.17, 15) is 14.4 Å². The predicted octanol–water partition coefficient (Wildman–Crippen LogP) is 5.04. The Morgan fingerprint density at radius 3 is 2.45 bits per heavy atom. The summed E-state index contributed by atoms with van der Waals surface area (Å²) in [7, 11) is 0. The highest BCUT2D eigenvalue weighted by molar-refractivity contribution is 6.31. The summed E-state index contributed by atoms with van der Waals surface area (Å²) in [5.41, 5.74) is 3.78. The van der Waals surface area contributed by atoms with Crippen molar-refractivity contribution in [2.75, 3.05) is 0 Å². The van der Waals surface area contributed by atoms with Gasteiger partial charge in [0.2, 0.25) is 0 Å². The molecule has 1 saturated heterocycles. The molecule has 2 aliphatic rings. The number of rotatable bonds is 3. The number of urea groups is 1. The highest BCUT2D eigenvalue weighted by Gasteiger charge is 2.40. The maximum Gasteiger partial charge on any atom is 0.331 e. The van der Waals surface area contributed by atoms with E-state index in [0.29, 0.717) is 0 Å². The third-order valence-corrected chi connectivity index (χ3v) is 6.85. The second-order valence-electron chi connectivity index (χ2n) is 8.94. The second kappa shape index (κ2) is 8.35. The molecule has 2 aromatic carbocycles. The Morgan fingerprint density at radius 2 is 1.67 bits per heavy atom. The number of amides is 4. The van der Waals surface area contributed by atoms with Crippen molar-refractivity contribution in [3.05, 3.63) is 71.1 Å². The highest BCUT2D eigenvalue weighted by atomic mass is 16.2. The van der Waals surface area contributed by atoms with Gasteiger partial charge in [0.05, 0.1) is 5.69 Å². The number of barbiturate groups is 1. The van der Waals surface area contributed by atoms with Crippen molar-refractivity contribution in [2.45, 2.75) is 52.0 Å². The van der Waals surface area contributed by atoms with Gasteiger partial charge in [-0.3, -0.25) is 19.8 Å². The molecule has 0 bridgehead atoms. The molecule has 6 heteroatoms. The third-order valence-electron chi connectivity index (χ3n) is 6.85. The van der Waals surface area contributed by atoms with E-state index >= 15 is 0 Å².